The molecule has 0 spiro atoms. The fourth-order valence-corrected chi connectivity index (χ4v) is 3.27. The first-order valence-corrected chi connectivity index (χ1v) is 7.30. The molecule has 2 aliphatic rings. The van der Waals surface area contributed by atoms with E-state index in [0.717, 1.165) is 13.0 Å². The van der Waals surface area contributed by atoms with E-state index in [0.29, 0.717) is 6.10 Å². The van der Waals surface area contributed by atoms with E-state index in [1.54, 1.807) is 0 Å². The number of rotatable bonds is 3. The minimum atomic E-state index is 0.138. The van der Waals surface area contributed by atoms with Crippen LogP contribution in [0.1, 0.15) is 23.5 Å². The van der Waals surface area contributed by atoms with Crippen LogP contribution in [0.25, 0.3) is 0 Å². The lowest BCUT2D eigenvalue weighted by atomic mass is 9.83. The molecule has 0 aromatic heterocycles. The van der Waals surface area contributed by atoms with Crippen LogP contribution in [0.3, 0.4) is 0 Å². The van der Waals surface area contributed by atoms with E-state index in [4.69, 9.17) is 9.47 Å². The van der Waals surface area contributed by atoms with Crippen molar-refractivity contribution in [2.45, 2.75) is 30.7 Å². The van der Waals surface area contributed by atoms with E-state index in [1.807, 2.05) is 0 Å². The van der Waals surface area contributed by atoms with Gasteiger partial charge in [0, 0.05) is 12.5 Å². The first-order valence-electron chi connectivity index (χ1n) is 7.30. The molecule has 4 rings (SSSR count). The Morgan fingerprint density at radius 3 is 2.05 bits per heavy atom. The second-order valence-corrected chi connectivity index (χ2v) is 5.56. The predicted octanol–water partition coefficient (Wildman–Crippen LogP) is 3.37. The number of benzene rings is 2. The van der Waals surface area contributed by atoms with Gasteiger partial charge in [-0.3, -0.25) is 0 Å². The first-order chi connectivity index (χ1) is 9.93. The van der Waals surface area contributed by atoms with Crippen LogP contribution >= 0.6 is 0 Å². The molecule has 2 heteroatoms. The molecule has 0 radical (unpaired) electrons. The van der Waals surface area contributed by atoms with Crippen LogP contribution in [-0.2, 0) is 9.47 Å². The number of ether oxygens (including phenoxy) is 2. The van der Waals surface area contributed by atoms with Crippen molar-refractivity contribution in [2.24, 2.45) is 0 Å². The van der Waals surface area contributed by atoms with E-state index in [2.05, 4.69) is 60.7 Å². The molecule has 0 unspecified atom stereocenters. The fraction of sp³-hybridized carbons (Fsp3) is 0.333. The Labute approximate surface area is 119 Å². The summed E-state index contributed by atoms with van der Waals surface area (Å²) in [7, 11) is 0. The second-order valence-electron chi connectivity index (χ2n) is 5.56. The Balaban J connectivity index is 1.73. The highest BCUT2D eigenvalue weighted by molar-refractivity contribution is 5.35. The third kappa shape index (κ3) is 2.15. The average Bonchev–Trinajstić information content (AvgIpc) is 3.30. The lowest BCUT2D eigenvalue weighted by Crippen LogP contribution is -2.34. The average molecular weight is 266 g/mol. The molecular formula is C18H18O2. The van der Waals surface area contributed by atoms with Gasteiger partial charge in [-0.25, -0.2) is 0 Å². The maximum Gasteiger partial charge on any atom is 0.111 e. The van der Waals surface area contributed by atoms with Crippen LogP contribution in [0.5, 0.6) is 0 Å². The van der Waals surface area contributed by atoms with Crippen molar-refractivity contribution in [3.05, 3.63) is 71.8 Å². The normalized spacial score (nSPS) is 28.1. The summed E-state index contributed by atoms with van der Waals surface area (Å²) in [4.78, 5) is 0. The molecule has 2 aromatic carbocycles. The maximum atomic E-state index is 6.08. The zero-order valence-electron chi connectivity index (χ0n) is 11.3. The summed E-state index contributed by atoms with van der Waals surface area (Å²) in [6.45, 7) is 0.808. The van der Waals surface area contributed by atoms with Gasteiger partial charge in [-0.15, -0.1) is 0 Å². The standard InChI is InChI=1S/C18H18O2/c1-3-7-13(8-4-1)16(14-9-5-2-6-10-14)18-17-15(20-17)11-12-19-18/h1-10,15-18H,11-12H2/t15-,17+,18+/m1/s1. The van der Waals surface area contributed by atoms with Crippen LogP contribution in [0.2, 0.25) is 0 Å². The molecule has 0 saturated carbocycles. The highest BCUT2D eigenvalue weighted by Crippen LogP contribution is 2.42. The molecule has 2 heterocycles. The Hall–Kier alpha value is -1.64. The topological polar surface area (TPSA) is 21.8 Å². The van der Waals surface area contributed by atoms with Crippen LogP contribution in [0.4, 0.5) is 0 Å². The van der Waals surface area contributed by atoms with Crippen molar-refractivity contribution in [1.82, 2.24) is 0 Å². The zero-order chi connectivity index (χ0) is 13.4. The third-order valence-corrected chi connectivity index (χ3v) is 4.30. The second kappa shape index (κ2) is 5.04. The highest BCUT2D eigenvalue weighted by Gasteiger charge is 2.51. The van der Waals surface area contributed by atoms with Gasteiger partial charge in [-0.05, 0) is 17.5 Å². The molecule has 102 valence electrons. The Morgan fingerprint density at radius 2 is 1.45 bits per heavy atom. The van der Waals surface area contributed by atoms with Crippen molar-refractivity contribution >= 4 is 0 Å². The van der Waals surface area contributed by atoms with Gasteiger partial charge >= 0.3 is 0 Å². The summed E-state index contributed by atoms with van der Waals surface area (Å²) in [5.74, 6) is 0.257. The van der Waals surface area contributed by atoms with Gasteiger partial charge < -0.3 is 9.47 Å². The summed E-state index contributed by atoms with van der Waals surface area (Å²) in [6.07, 6.45) is 1.87. The quantitative estimate of drug-likeness (QED) is 0.794. The Bertz CT molecular complexity index is 527. The van der Waals surface area contributed by atoms with E-state index in [9.17, 15) is 0 Å². The predicted molar refractivity (Wildman–Crippen MR) is 77.7 cm³/mol. The minimum absolute atomic E-state index is 0.138. The van der Waals surface area contributed by atoms with Crippen LogP contribution in [-0.4, -0.2) is 24.9 Å². The van der Waals surface area contributed by atoms with Crippen LogP contribution in [0, 0.1) is 0 Å². The minimum Gasteiger partial charge on any atom is -0.374 e. The summed E-state index contributed by atoms with van der Waals surface area (Å²) in [6, 6.07) is 21.3. The summed E-state index contributed by atoms with van der Waals surface area (Å²) in [5, 5.41) is 0. The number of hydrogen-bond donors (Lipinski definition) is 0. The molecule has 2 nitrogen and oxygen atoms in total. The van der Waals surface area contributed by atoms with Crippen LogP contribution in [0.15, 0.2) is 60.7 Å². The van der Waals surface area contributed by atoms with Crippen molar-refractivity contribution in [1.29, 1.82) is 0 Å². The van der Waals surface area contributed by atoms with Crippen molar-refractivity contribution in [3.8, 4) is 0 Å². The van der Waals surface area contributed by atoms with Crippen LogP contribution < -0.4 is 0 Å². The van der Waals surface area contributed by atoms with Gasteiger partial charge in [0.25, 0.3) is 0 Å². The molecule has 3 atom stereocenters. The summed E-state index contributed by atoms with van der Waals surface area (Å²) < 4.78 is 11.9. The molecule has 2 aliphatic heterocycles. The largest absolute Gasteiger partial charge is 0.374 e. The van der Waals surface area contributed by atoms with Gasteiger partial charge in [0.1, 0.15) is 6.10 Å². The van der Waals surface area contributed by atoms with Gasteiger partial charge in [0.2, 0.25) is 0 Å². The van der Waals surface area contributed by atoms with E-state index in [1.165, 1.54) is 11.1 Å². The van der Waals surface area contributed by atoms with Crippen molar-refractivity contribution < 1.29 is 9.47 Å². The molecule has 0 bridgehead atoms. The Kier molecular flexibility index (Phi) is 3.06. The smallest absolute Gasteiger partial charge is 0.111 e. The van der Waals surface area contributed by atoms with Gasteiger partial charge in [0.05, 0.1) is 12.2 Å². The lowest BCUT2D eigenvalue weighted by molar-refractivity contribution is 0.0161. The fourth-order valence-electron chi connectivity index (χ4n) is 3.27. The Morgan fingerprint density at radius 1 is 0.850 bits per heavy atom. The maximum absolute atomic E-state index is 6.08. The van der Waals surface area contributed by atoms with Crippen molar-refractivity contribution in [2.75, 3.05) is 6.61 Å². The molecule has 0 aliphatic carbocycles. The molecular weight excluding hydrogens is 248 g/mol. The molecule has 0 amide bonds. The monoisotopic (exact) mass is 266 g/mol. The zero-order valence-corrected chi connectivity index (χ0v) is 11.3. The molecule has 20 heavy (non-hydrogen) atoms. The van der Waals surface area contributed by atoms with Gasteiger partial charge in [-0.2, -0.15) is 0 Å². The molecule has 2 aromatic rings. The van der Waals surface area contributed by atoms with Gasteiger partial charge in [0.15, 0.2) is 0 Å². The SMILES string of the molecule is c1ccc(C(c2ccccc2)[C@@H]2OCC[C@H]3O[C@@H]32)cc1. The van der Waals surface area contributed by atoms with Gasteiger partial charge in [-0.1, -0.05) is 60.7 Å². The summed E-state index contributed by atoms with van der Waals surface area (Å²) in [5.41, 5.74) is 2.61. The van der Waals surface area contributed by atoms with E-state index >= 15 is 0 Å². The first kappa shape index (κ1) is 12.1. The molecule has 2 fully saturated rings. The lowest BCUT2D eigenvalue weighted by Gasteiger charge is -2.29. The number of fused-ring (bicyclic) bond motifs is 1. The number of hydrogen-bond acceptors (Lipinski definition) is 2. The highest BCUT2D eigenvalue weighted by atomic mass is 16.6. The van der Waals surface area contributed by atoms with Crippen molar-refractivity contribution in [3.63, 3.8) is 0 Å². The summed E-state index contributed by atoms with van der Waals surface area (Å²) >= 11 is 0. The number of epoxide rings is 1. The molecule has 2 saturated heterocycles. The van der Waals surface area contributed by atoms with E-state index in [-0.39, 0.29) is 18.1 Å². The molecule has 0 N–H and O–H groups in total. The van der Waals surface area contributed by atoms with E-state index < -0.39 is 0 Å². The third-order valence-electron chi connectivity index (χ3n) is 4.30.